The van der Waals surface area contributed by atoms with Gasteiger partial charge in [0.1, 0.15) is 0 Å². The molecule has 0 bridgehead atoms. The van der Waals surface area contributed by atoms with Gasteiger partial charge in [-0.3, -0.25) is 0 Å². The fourth-order valence-electron chi connectivity index (χ4n) is 4.17. The van der Waals surface area contributed by atoms with Crippen LogP contribution in [0.3, 0.4) is 0 Å². The Balaban J connectivity index is 2.17. The highest BCUT2D eigenvalue weighted by Gasteiger charge is 2.24. The second-order valence-electron chi connectivity index (χ2n) is 8.28. The summed E-state index contributed by atoms with van der Waals surface area (Å²) in [5.74, 6) is 0. The maximum absolute atomic E-state index is 13.7. The molecule has 9 nitrogen and oxygen atoms in total. The van der Waals surface area contributed by atoms with Crippen molar-refractivity contribution in [2.24, 2.45) is 5.73 Å². The largest absolute Gasteiger partial charge is 0.399 e. The van der Waals surface area contributed by atoms with Gasteiger partial charge in [-0.25, -0.2) is 28.1 Å². The van der Waals surface area contributed by atoms with Crippen LogP contribution in [0.2, 0.25) is 0 Å². The molecule has 2 aromatic carbocycles. The number of allylic oxidation sites excluding steroid dienone is 2. The maximum Gasteiger partial charge on any atom is 0.345 e. The van der Waals surface area contributed by atoms with Crippen molar-refractivity contribution in [3.63, 3.8) is 0 Å². The van der Waals surface area contributed by atoms with E-state index in [0.717, 1.165) is 13.7 Å². The quantitative estimate of drug-likeness (QED) is 0.520. The van der Waals surface area contributed by atoms with Gasteiger partial charge in [0.15, 0.2) is 0 Å². The predicted octanol–water partition coefficient (Wildman–Crippen LogP) is 1.45. The Hall–Kier alpha value is -4.11. The van der Waals surface area contributed by atoms with Crippen LogP contribution in [0.15, 0.2) is 68.5 Å². The lowest BCUT2D eigenvalue weighted by atomic mass is 10.0. The Labute approximate surface area is 189 Å². The van der Waals surface area contributed by atoms with Crippen LogP contribution < -0.4 is 34.3 Å². The molecule has 1 atom stereocenters. The Morgan fingerprint density at radius 1 is 0.758 bits per heavy atom. The molecule has 170 valence electrons. The molecule has 1 heterocycles. The van der Waals surface area contributed by atoms with Crippen LogP contribution in [0, 0.1) is 13.8 Å². The van der Waals surface area contributed by atoms with E-state index in [9.17, 15) is 14.4 Å². The van der Waals surface area contributed by atoms with E-state index >= 15 is 0 Å². The highest BCUT2D eigenvalue weighted by molar-refractivity contribution is 5.65. The summed E-state index contributed by atoms with van der Waals surface area (Å²) in [7, 11) is 0. The van der Waals surface area contributed by atoms with Crippen LogP contribution in [-0.4, -0.2) is 19.7 Å². The lowest BCUT2D eigenvalue weighted by Gasteiger charge is -2.21. The van der Waals surface area contributed by atoms with Gasteiger partial charge in [-0.1, -0.05) is 12.2 Å². The molecule has 0 spiro atoms. The maximum atomic E-state index is 13.7. The number of hydrogen-bond acceptors (Lipinski definition) is 6. The summed E-state index contributed by atoms with van der Waals surface area (Å²) in [6.45, 7) is 5.27. The molecule has 1 aliphatic carbocycles. The molecule has 9 heteroatoms. The third-order valence-electron chi connectivity index (χ3n) is 5.76. The second-order valence-corrected chi connectivity index (χ2v) is 8.28. The van der Waals surface area contributed by atoms with Crippen molar-refractivity contribution in [1.82, 2.24) is 13.7 Å². The summed E-state index contributed by atoms with van der Waals surface area (Å²) in [5, 5.41) is 0. The summed E-state index contributed by atoms with van der Waals surface area (Å²) in [6.07, 6.45) is 4.00. The van der Waals surface area contributed by atoms with E-state index in [1.54, 1.807) is 69.3 Å². The Bertz CT molecular complexity index is 1430. The molecular weight excluding hydrogens is 420 g/mol. The lowest BCUT2D eigenvalue weighted by molar-refractivity contribution is 0.658. The molecule has 0 fully saturated rings. The summed E-state index contributed by atoms with van der Waals surface area (Å²) < 4.78 is 3.01. The highest BCUT2D eigenvalue weighted by Crippen LogP contribution is 2.21. The summed E-state index contributed by atoms with van der Waals surface area (Å²) in [4.78, 5) is 41.0. The molecular formula is C24H26N6O3. The number of aromatic nitrogens is 3. The standard InChI is InChI=1S/C24H26N6O3/c1-13-10-16(25)4-7-19(13)28-22(31)29(20-8-5-17(26)11-14(20)2)24(33)30(23(28)32)21-9-6-18(27)12-15(21)3/h4-5,7-12,18H,6,25-27H2,1-3H3. The van der Waals surface area contributed by atoms with Crippen LogP contribution in [0.5, 0.6) is 0 Å². The first-order valence-corrected chi connectivity index (χ1v) is 10.5. The molecule has 0 amide bonds. The zero-order valence-corrected chi connectivity index (χ0v) is 18.7. The van der Waals surface area contributed by atoms with Gasteiger partial charge in [0, 0.05) is 17.4 Å². The van der Waals surface area contributed by atoms with Gasteiger partial charge in [0.05, 0.1) is 17.1 Å². The topological polar surface area (TPSA) is 144 Å². The number of hydrogen-bond donors (Lipinski definition) is 3. The van der Waals surface area contributed by atoms with E-state index in [-0.39, 0.29) is 6.04 Å². The van der Waals surface area contributed by atoms with Crippen molar-refractivity contribution >= 4 is 17.1 Å². The van der Waals surface area contributed by atoms with E-state index in [4.69, 9.17) is 17.2 Å². The number of nitrogen functional groups attached to an aromatic ring is 2. The van der Waals surface area contributed by atoms with Gasteiger partial charge in [-0.15, -0.1) is 0 Å². The molecule has 0 radical (unpaired) electrons. The molecule has 1 aliphatic rings. The predicted molar refractivity (Wildman–Crippen MR) is 131 cm³/mol. The zero-order chi connectivity index (χ0) is 24.0. The Morgan fingerprint density at radius 3 is 1.64 bits per heavy atom. The Morgan fingerprint density at radius 2 is 1.21 bits per heavy atom. The molecule has 1 aromatic heterocycles. The van der Waals surface area contributed by atoms with Gasteiger partial charge >= 0.3 is 17.1 Å². The molecule has 3 aromatic rings. The van der Waals surface area contributed by atoms with Crippen molar-refractivity contribution in [3.8, 4) is 11.4 Å². The van der Waals surface area contributed by atoms with Gasteiger partial charge < -0.3 is 17.2 Å². The van der Waals surface area contributed by atoms with Crippen molar-refractivity contribution < 1.29 is 0 Å². The third kappa shape index (κ3) is 3.72. The van der Waals surface area contributed by atoms with Crippen molar-refractivity contribution in [1.29, 1.82) is 0 Å². The fraction of sp³-hybridized carbons (Fsp3) is 0.208. The monoisotopic (exact) mass is 446 g/mol. The average Bonchev–Trinajstić information content (AvgIpc) is 2.72. The number of nitrogens with two attached hydrogens (primary N) is 3. The normalized spacial score (nSPS) is 15.8. The van der Waals surface area contributed by atoms with E-state index in [0.29, 0.717) is 51.6 Å². The first-order valence-electron chi connectivity index (χ1n) is 10.5. The van der Waals surface area contributed by atoms with E-state index in [1.807, 2.05) is 0 Å². The number of anilines is 2. The highest BCUT2D eigenvalue weighted by atomic mass is 16.2. The minimum atomic E-state index is -0.781. The first-order chi connectivity index (χ1) is 15.6. The van der Waals surface area contributed by atoms with Gasteiger partial charge in [-0.05, 0) is 80.3 Å². The van der Waals surface area contributed by atoms with Crippen LogP contribution in [0.25, 0.3) is 17.1 Å². The smallest absolute Gasteiger partial charge is 0.345 e. The van der Waals surface area contributed by atoms with Crippen LogP contribution in [-0.2, 0) is 0 Å². The molecule has 4 rings (SSSR count). The second kappa shape index (κ2) is 8.10. The molecule has 0 saturated heterocycles. The summed E-state index contributed by atoms with van der Waals surface area (Å²) in [6, 6.07) is 9.52. The number of aryl methyl sites for hydroxylation is 2. The lowest BCUT2D eigenvalue weighted by Crippen LogP contribution is -2.53. The fourth-order valence-corrected chi connectivity index (χ4v) is 4.17. The minimum Gasteiger partial charge on any atom is -0.399 e. The molecule has 1 unspecified atom stereocenters. The number of rotatable bonds is 3. The van der Waals surface area contributed by atoms with Crippen LogP contribution in [0.1, 0.15) is 24.5 Å². The zero-order valence-electron chi connectivity index (χ0n) is 18.7. The van der Waals surface area contributed by atoms with Crippen LogP contribution in [0.4, 0.5) is 11.4 Å². The summed E-state index contributed by atoms with van der Waals surface area (Å²) in [5.41, 5.74) is 19.4. The SMILES string of the molecule is CC1=CC(N)CC=C1n1c(=O)n(-c2ccc(N)cc2C)c(=O)n(-c2ccc(N)cc2C)c1=O. The molecule has 33 heavy (non-hydrogen) atoms. The third-order valence-corrected chi connectivity index (χ3v) is 5.76. The van der Waals surface area contributed by atoms with E-state index < -0.39 is 17.1 Å². The molecule has 6 N–H and O–H groups in total. The van der Waals surface area contributed by atoms with Crippen molar-refractivity contribution in [3.05, 3.63) is 96.7 Å². The minimum absolute atomic E-state index is 0.212. The van der Waals surface area contributed by atoms with Crippen molar-refractivity contribution in [2.75, 3.05) is 11.5 Å². The average molecular weight is 447 g/mol. The van der Waals surface area contributed by atoms with Crippen molar-refractivity contribution in [2.45, 2.75) is 33.2 Å². The number of benzene rings is 2. The molecule has 0 saturated carbocycles. The Kier molecular flexibility index (Phi) is 5.43. The molecule has 0 aliphatic heterocycles. The number of nitrogens with zero attached hydrogens (tertiary/aromatic N) is 3. The van der Waals surface area contributed by atoms with E-state index in [2.05, 4.69) is 0 Å². The van der Waals surface area contributed by atoms with Crippen LogP contribution >= 0.6 is 0 Å². The van der Waals surface area contributed by atoms with E-state index in [1.165, 1.54) is 0 Å². The first kappa shape index (κ1) is 22.1. The summed E-state index contributed by atoms with van der Waals surface area (Å²) >= 11 is 0. The van der Waals surface area contributed by atoms with Gasteiger partial charge in [0.25, 0.3) is 0 Å². The van der Waals surface area contributed by atoms with Gasteiger partial charge in [-0.2, -0.15) is 0 Å². The van der Waals surface area contributed by atoms with Gasteiger partial charge in [0.2, 0.25) is 0 Å².